The number of hydroxylamine groups is 2. The van der Waals surface area contributed by atoms with Gasteiger partial charge in [0.15, 0.2) is 0 Å². The fraction of sp³-hybridized carbons (Fsp3) is 0.824. The quantitative estimate of drug-likeness (QED) is 0.735. The van der Waals surface area contributed by atoms with Crippen molar-refractivity contribution in [1.29, 1.82) is 0 Å². The van der Waals surface area contributed by atoms with E-state index in [1.54, 1.807) is 13.8 Å². The summed E-state index contributed by atoms with van der Waals surface area (Å²) in [4.78, 5) is 39.7. The normalized spacial score (nSPS) is 14.7. The van der Waals surface area contributed by atoms with E-state index in [9.17, 15) is 14.4 Å². The van der Waals surface area contributed by atoms with Crippen LogP contribution in [0.2, 0.25) is 0 Å². The zero-order valence-electron chi connectivity index (χ0n) is 15.7. The number of rotatable bonds is 3. The number of hydrogen-bond acceptors (Lipinski definition) is 4. The standard InChI is InChI=1S/C13H21NO4.2C2H6/c1-12(2,3)8-13(4,5)11(17)18-14-9(15)6-7-10(14)16;2*1-2/h6-8H2,1-5H3;2*1-2H3. The predicted octanol–water partition coefficient (Wildman–Crippen LogP) is 4.11. The Morgan fingerprint density at radius 2 is 1.32 bits per heavy atom. The number of hydrogen-bond donors (Lipinski definition) is 0. The van der Waals surface area contributed by atoms with Crippen LogP contribution in [-0.2, 0) is 19.2 Å². The van der Waals surface area contributed by atoms with Crippen LogP contribution >= 0.6 is 0 Å². The van der Waals surface area contributed by atoms with Crippen molar-refractivity contribution in [2.75, 3.05) is 0 Å². The molecule has 0 aromatic carbocycles. The van der Waals surface area contributed by atoms with Crippen LogP contribution < -0.4 is 0 Å². The zero-order chi connectivity index (χ0) is 18.1. The first-order chi connectivity index (χ1) is 10.0. The maximum Gasteiger partial charge on any atom is 0.338 e. The Morgan fingerprint density at radius 1 is 0.955 bits per heavy atom. The molecule has 0 bridgehead atoms. The van der Waals surface area contributed by atoms with Gasteiger partial charge in [-0.3, -0.25) is 9.59 Å². The van der Waals surface area contributed by atoms with Crippen LogP contribution in [0.4, 0.5) is 0 Å². The summed E-state index contributed by atoms with van der Waals surface area (Å²) in [6.45, 7) is 17.6. The average Bonchev–Trinajstić information content (AvgIpc) is 2.72. The van der Waals surface area contributed by atoms with E-state index in [0.29, 0.717) is 11.5 Å². The molecule has 0 unspecified atom stereocenters. The highest BCUT2D eigenvalue weighted by Crippen LogP contribution is 2.34. The van der Waals surface area contributed by atoms with E-state index in [2.05, 4.69) is 0 Å². The van der Waals surface area contributed by atoms with E-state index < -0.39 is 23.2 Å². The van der Waals surface area contributed by atoms with Gasteiger partial charge in [-0.2, -0.15) is 0 Å². The Hall–Kier alpha value is -1.39. The molecule has 1 rings (SSSR count). The Morgan fingerprint density at radius 3 is 1.64 bits per heavy atom. The first-order valence-electron chi connectivity index (χ1n) is 8.11. The molecule has 0 radical (unpaired) electrons. The molecule has 0 aliphatic carbocycles. The number of imide groups is 1. The summed E-state index contributed by atoms with van der Waals surface area (Å²) in [5.41, 5.74) is -0.775. The van der Waals surface area contributed by atoms with Crippen molar-refractivity contribution in [1.82, 2.24) is 5.06 Å². The lowest BCUT2D eigenvalue weighted by atomic mass is 9.76. The second kappa shape index (κ2) is 9.59. The first-order valence-corrected chi connectivity index (χ1v) is 8.11. The Bertz CT molecular complexity index is 365. The summed E-state index contributed by atoms with van der Waals surface area (Å²) in [6.07, 6.45) is 0.840. The van der Waals surface area contributed by atoms with E-state index in [1.807, 2.05) is 48.5 Å². The molecule has 0 aromatic rings. The van der Waals surface area contributed by atoms with Gasteiger partial charge in [0, 0.05) is 12.8 Å². The number of carbonyl (C=O) groups excluding carboxylic acids is 3. The fourth-order valence-corrected chi connectivity index (χ4v) is 2.26. The summed E-state index contributed by atoms with van der Waals surface area (Å²) >= 11 is 0. The molecule has 0 aromatic heterocycles. The molecule has 0 N–H and O–H groups in total. The third-order valence-electron chi connectivity index (χ3n) is 2.70. The van der Waals surface area contributed by atoms with Gasteiger partial charge in [-0.15, -0.1) is 5.06 Å². The van der Waals surface area contributed by atoms with Crippen molar-refractivity contribution in [3.05, 3.63) is 0 Å². The maximum absolute atomic E-state index is 12.0. The maximum atomic E-state index is 12.0. The van der Waals surface area contributed by atoms with Gasteiger partial charge in [0.25, 0.3) is 11.8 Å². The van der Waals surface area contributed by atoms with E-state index in [1.165, 1.54) is 0 Å². The minimum absolute atomic E-state index is 0.0401. The molecule has 1 fully saturated rings. The molecular formula is C17H33NO4. The fourth-order valence-electron chi connectivity index (χ4n) is 2.26. The van der Waals surface area contributed by atoms with Gasteiger partial charge in [0.1, 0.15) is 0 Å². The molecule has 1 aliphatic heterocycles. The molecule has 2 amide bonds. The van der Waals surface area contributed by atoms with Crippen LogP contribution in [0.15, 0.2) is 0 Å². The Kier molecular flexibility index (Phi) is 9.98. The van der Waals surface area contributed by atoms with Crippen molar-refractivity contribution in [3.8, 4) is 0 Å². The average molecular weight is 315 g/mol. The summed E-state index contributed by atoms with van der Waals surface area (Å²) in [6, 6.07) is 0. The summed E-state index contributed by atoms with van der Waals surface area (Å²) in [5, 5.41) is 0.604. The largest absolute Gasteiger partial charge is 0.338 e. The number of amides is 2. The smallest absolute Gasteiger partial charge is 0.330 e. The van der Waals surface area contributed by atoms with Gasteiger partial charge < -0.3 is 4.84 Å². The van der Waals surface area contributed by atoms with Crippen molar-refractivity contribution < 1.29 is 19.2 Å². The van der Waals surface area contributed by atoms with Crippen LogP contribution in [0.1, 0.15) is 81.6 Å². The lowest BCUT2D eigenvalue weighted by Gasteiger charge is -2.30. The monoisotopic (exact) mass is 315 g/mol. The topological polar surface area (TPSA) is 63.7 Å². The molecule has 0 saturated carbocycles. The molecule has 5 nitrogen and oxygen atoms in total. The van der Waals surface area contributed by atoms with Crippen LogP contribution in [0.5, 0.6) is 0 Å². The van der Waals surface area contributed by atoms with Crippen LogP contribution in [0.3, 0.4) is 0 Å². The number of nitrogens with zero attached hydrogens (tertiary/aromatic N) is 1. The minimum Gasteiger partial charge on any atom is -0.330 e. The lowest BCUT2D eigenvalue weighted by molar-refractivity contribution is -0.205. The predicted molar refractivity (Wildman–Crippen MR) is 87.7 cm³/mol. The summed E-state index contributed by atoms with van der Waals surface area (Å²) < 4.78 is 0. The van der Waals surface area contributed by atoms with Crippen molar-refractivity contribution in [2.24, 2.45) is 10.8 Å². The van der Waals surface area contributed by atoms with Crippen LogP contribution in [0, 0.1) is 10.8 Å². The van der Waals surface area contributed by atoms with Gasteiger partial charge in [-0.25, -0.2) is 4.79 Å². The molecule has 1 heterocycles. The molecule has 22 heavy (non-hydrogen) atoms. The first kappa shape index (κ1) is 22.9. The van der Waals surface area contributed by atoms with Gasteiger partial charge in [0.2, 0.25) is 0 Å². The third-order valence-corrected chi connectivity index (χ3v) is 2.70. The van der Waals surface area contributed by atoms with E-state index in [-0.39, 0.29) is 18.3 Å². The van der Waals surface area contributed by atoms with Crippen LogP contribution in [-0.4, -0.2) is 22.8 Å². The van der Waals surface area contributed by atoms with E-state index >= 15 is 0 Å². The Labute approximate surface area is 135 Å². The van der Waals surface area contributed by atoms with Crippen LogP contribution in [0.25, 0.3) is 0 Å². The van der Waals surface area contributed by atoms with Gasteiger partial charge in [-0.05, 0) is 25.7 Å². The molecule has 130 valence electrons. The van der Waals surface area contributed by atoms with Gasteiger partial charge in [0.05, 0.1) is 5.41 Å². The Balaban J connectivity index is 0. The van der Waals surface area contributed by atoms with Crippen molar-refractivity contribution in [2.45, 2.75) is 81.6 Å². The highest BCUT2D eigenvalue weighted by molar-refractivity contribution is 6.01. The molecule has 1 aliphatic rings. The van der Waals surface area contributed by atoms with E-state index in [0.717, 1.165) is 0 Å². The summed E-state index contributed by atoms with van der Waals surface area (Å²) in [7, 11) is 0. The molecule has 1 saturated heterocycles. The molecular weight excluding hydrogens is 282 g/mol. The van der Waals surface area contributed by atoms with Gasteiger partial charge >= 0.3 is 5.97 Å². The second-order valence-corrected chi connectivity index (χ2v) is 6.58. The van der Waals surface area contributed by atoms with E-state index in [4.69, 9.17) is 4.84 Å². The molecule has 5 heteroatoms. The van der Waals surface area contributed by atoms with Crippen molar-refractivity contribution >= 4 is 17.8 Å². The SMILES string of the molecule is CC.CC.CC(C)(C)CC(C)(C)C(=O)ON1C(=O)CCC1=O. The highest BCUT2D eigenvalue weighted by atomic mass is 16.7. The number of carbonyl (C=O) groups is 3. The van der Waals surface area contributed by atoms with Crippen molar-refractivity contribution in [3.63, 3.8) is 0 Å². The minimum atomic E-state index is -0.735. The lowest BCUT2D eigenvalue weighted by Crippen LogP contribution is -2.39. The zero-order valence-corrected chi connectivity index (χ0v) is 15.7. The molecule has 0 atom stereocenters. The van der Waals surface area contributed by atoms with Gasteiger partial charge in [-0.1, -0.05) is 48.5 Å². The highest BCUT2D eigenvalue weighted by Gasteiger charge is 2.39. The molecule has 0 spiro atoms. The second-order valence-electron chi connectivity index (χ2n) is 6.58. The third kappa shape index (κ3) is 7.57. The summed E-state index contributed by atoms with van der Waals surface area (Å²) in [5.74, 6) is -1.43.